The summed E-state index contributed by atoms with van der Waals surface area (Å²) in [7, 11) is -3.84. The average molecular weight is 278 g/mol. The van der Waals surface area contributed by atoms with Crippen molar-refractivity contribution in [2.45, 2.75) is 18.4 Å². The van der Waals surface area contributed by atoms with Crippen LogP contribution in [0.5, 0.6) is 0 Å². The predicted molar refractivity (Wildman–Crippen MR) is 65.2 cm³/mol. The fraction of sp³-hybridized carbons (Fsp3) is 0.667. The second-order valence-corrected chi connectivity index (χ2v) is 5.49. The van der Waals surface area contributed by atoms with Gasteiger partial charge in [-0.05, 0) is 6.92 Å². The number of nitrogens with two attached hydrogens (primary N) is 1. The summed E-state index contributed by atoms with van der Waals surface area (Å²) >= 11 is 0. The minimum atomic E-state index is -3.84. The molecule has 104 valence electrons. The first kappa shape index (κ1) is 14.9. The topological polar surface area (TPSA) is 122 Å². The van der Waals surface area contributed by atoms with Crippen LogP contribution in [0.1, 0.15) is 6.92 Å². The van der Waals surface area contributed by atoms with Gasteiger partial charge in [0.1, 0.15) is 4.90 Å². The Labute approximate surface area is 106 Å². The van der Waals surface area contributed by atoms with Crippen LogP contribution < -0.4 is 5.73 Å². The summed E-state index contributed by atoms with van der Waals surface area (Å²) in [5.74, 6) is -0.0854. The number of aryl methyl sites for hydroxylation is 1. The molecule has 0 amide bonds. The van der Waals surface area contributed by atoms with Gasteiger partial charge in [0.05, 0.1) is 13.2 Å². The number of nitrogens with zero attached hydrogens (tertiary/aromatic N) is 3. The van der Waals surface area contributed by atoms with E-state index in [4.69, 9.17) is 15.9 Å². The first-order valence-corrected chi connectivity index (χ1v) is 6.96. The number of aromatic nitrogens is 2. The SMILES string of the molecule is CCn1cc(S(=O)(=O)N(CCO)CCO)c(N)n1. The molecule has 0 unspecified atom stereocenters. The number of hydrogen-bond donors (Lipinski definition) is 3. The van der Waals surface area contributed by atoms with E-state index < -0.39 is 10.0 Å². The highest BCUT2D eigenvalue weighted by Crippen LogP contribution is 2.20. The monoisotopic (exact) mass is 278 g/mol. The predicted octanol–water partition coefficient (Wildman–Crippen LogP) is -1.54. The Morgan fingerprint density at radius 2 is 1.94 bits per heavy atom. The molecule has 0 saturated heterocycles. The van der Waals surface area contributed by atoms with Crippen molar-refractivity contribution in [3.63, 3.8) is 0 Å². The third-order valence-electron chi connectivity index (χ3n) is 2.40. The van der Waals surface area contributed by atoms with E-state index in [-0.39, 0.29) is 37.0 Å². The molecular weight excluding hydrogens is 260 g/mol. The van der Waals surface area contributed by atoms with Crippen molar-refractivity contribution < 1.29 is 18.6 Å². The molecule has 0 bridgehead atoms. The zero-order valence-corrected chi connectivity index (χ0v) is 11.0. The summed E-state index contributed by atoms with van der Waals surface area (Å²) in [5.41, 5.74) is 5.57. The van der Waals surface area contributed by atoms with Gasteiger partial charge >= 0.3 is 0 Å². The van der Waals surface area contributed by atoms with E-state index in [1.54, 1.807) is 0 Å². The van der Waals surface area contributed by atoms with Crippen LogP contribution in [0.2, 0.25) is 0 Å². The van der Waals surface area contributed by atoms with Crippen LogP contribution in [0.15, 0.2) is 11.1 Å². The lowest BCUT2D eigenvalue weighted by Gasteiger charge is -2.19. The van der Waals surface area contributed by atoms with E-state index in [0.29, 0.717) is 6.54 Å². The fourth-order valence-corrected chi connectivity index (χ4v) is 2.98. The number of anilines is 1. The molecule has 0 aliphatic heterocycles. The van der Waals surface area contributed by atoms with Crippen molar-refractivity contribution in [1.82, 2.24) is 14.1 Å². The van der Waals surface area contributed by atoms with Crippen molar-refractivity contribution in [2.75, 3.05) is 32.0 Å². The highest BCUT2D eigenvalue weighted by atomic mass is 32.2. The molecule has 0 atom stereocenters. The quantitative estimate of drug-likeness (QED) is 0.555. The van der Waals surface area contributed by atoms with Crippen LogP contribution >= 0.6 is 0 Å². The molecule has 0 aliphatic carbocycles. The minimum absolute atomic E-state index is 0.0854. The highest BCUT2D eigenvalue weighted by Gasteiger charge is 2.28. The Kier molecular flexibility index (Phi) is 5.08. The van der Waals surface area contributed by atoms with Gasteiger partial charge in [-0.1, -0.05) is 0 Å². The smallest absolute Gasteiger partial charge is 0.248 e. The van der Waals surface area contributed by atoms with Gasteiger partial charge in [-0.15, -0.1) is 0 Å². The van der Waals surface area contributed by atoms with Crippen molar-refractivity contribution >= 4 is 15.8 Å². The maximum atomic E-state index is 12.2. The zero-order valence-electron chi connectivity index (χ0n) is 10.2. The van der Waals surface area contributed by atoms with Crippen LogP contribution in [0, 0.1) is 0 Å². The zero-order chi connectivity index (χ0) is 13.8. The van der Waals surface area contributed by atoms with Gasteiger partial charge in [-0.2, -0.15) is 9.40 Å². The van der Waals surface area contributed by atoms with E-state index in [9.17, 15) is 8.42 Å². The largest absolute Gasteiger partial charge is 0.395 e. The Morgan fingerprint density at radius 1 is 1.39 bits per heavy atom. The van der Waals surface area contributed by atoms with Gasteiger partial charge in [0.15, 0.2) is 5.82 Å². The number of aliphatic hydroxyl groups is 2. The molecule has 1 aromatic heterocycles. The summed E-state index contributed by atoms with van der Waals surface area (Å²) < 4.78 is 26.9. The average Bonchev–Trinajstić information content (AvgIpc) is 2.71. The number of hydrogen-bond acceptors (Lipinski definition) is 6. The molecule has 0 aromatic carbocycles. The maximum Gasteiger partial charge on any atom is 0.248 e. The third kappa shape index (κ3) is 2.99. The Hall–Kier alpha value is -1.16. The van der Waals surface area contributed by atoms with Crippen LogP contribution in [0.25, 0.3) is 0 Å². The number of aliphatic hydroxyl groups excluding tert-OH is 2. The van der Waals surface area contributed by atoms with Crippen LogP contribution in [0.3, 0.4) is 0 Å². The number of sulfonamides is 1. The van der Waals surface area contributed by atoms with Gasteiger partial charge in [0.2, 0.25) is 10.0 Å². The molecule has 0 spiro atoms. The van der Waals surface area contributed by atoms with Gasteiger partial charge < -0.3 is 15.9 Å². The highest BCUT2D eigenvalue weighted by molar-refractivity contribution is 7.89. The summed E-state index contributed by atoms with van der Waals surface area (Å²) in [5, 5.41) is 21.6. The Bertz CT molecular complexity index is 479. The van der Waals surface area contributed by atoms with Crippen LogP contribution in [0.4, 0.5) is 5.82 Å². The molecule has 9 heteroatoms. The molecule has 1 aromatic rings. The third-order valence-corrected chi connectivity index (χ3v) is 4.31. The normalized spacial score (nSPS) is 12.2. The molecule has 1 rings (SSSR count). The standard InChI is InChI=1S/C9H18N4O4S/c1-2-12-7-8(9(10)11-12)18(16,17)13(3-5-14)4-6-15/h7,14-15H,2-6H2,1H3,(H2,10,11). The molecule has 0 radical (unpaired) electrons. The van der Waals surface area contributed by atoms with Crippen molar-refractivity contribution in [2.24, 2.45) is 0 Å². The van der Waals surface area contributed by atoms with Gasteiger partial charge in [0, 0.05) is 25.8 Å². The van der Waals surface area contributed by atoms with Gasteiger partial charge in [-0.3, -0.25) is 4.68 Å². The summed E-state index contributed by atoms with van der Waals surface area (Å²) in [6, 6.07) is 0. The van der Waals surface area contributed by atoms with Gasteiger partial charge in [0.25, 0.3) is 0 Å². The van der Waals surface area contributed by atoms with Crippen molar-refractivity contribution in [1.29, 1.82) is 0 Å². The lowest BCUT2D eigenvalue weighted by Crippen LogP contribution is -2.36. The van der Waals surface area contributed by atoms with E-state index >= 15 is 0 Å². The molecule has 0 saturated carbocycles. The first-order chi connectivity index (χ1) is 8.47. The Morgan fingerprint density at radius 3 is 2.33 bits per heavy atom. The lowest BCUT2D eigenvalue weighted by atomic mass is 10.6. The minimum Gasteiger partial charge on any atom is -0.395 e. The molecule has 1 heterocycles. The number of rotatable bonds is 7. The summed E-state index contributed by atoms with van der Waals surface area (Å²) in [4.78, 5) is -0.105. The van der Waals surface area contributed by atoms with Crippen molar-refractivity contribution in [3.8, 4) is 0 Å². The second kappa shape index (κ2) is 6.14. The molecule has 0 fully saturated rings. The van der Waals surface area contributed by atoms with Crippen LogP contribution in [-0.2, 0) is 16.6 Å². The molecule has 8 nitrogen and oxygen atoms in total. The maximum absolute atomic E-state index is 12.2. The summed E-state index contributed by atoms with van der Waals surface area (Å²) in [6.07, 6.45) is 1.34. The summed E-state index contributed by atoms with van der Waals surface area (Å²) in [6.45, 7) is 1.45. The molecule has 18 heavy (non-hydrogen) atoms. The Balaban J connectivity index is 3.12. The van der Waals surface area contributed by atoms with E-state index in [0.717, 1.165) is 4.31 Å². The molecule has 0 aliphatic rings. The van der Waals surface area contributed by atoms with Crippen molar-refractivity contribution in [3.05, 3.63) is 6.20 Å². The van der Waals surface area contributed by atoms with E-state index in [1.165, 1.54) is 10.9 Å². The second-order valence-electron chi connectivity index (χ2n) is 3.59. The van der Waals surface area contributed by atoms with E-state index in [1.807, 2.05) is 6.92 Å². The fourth-order valence-electron chi connectivity index (χ4n) is 1.49. The first-order valence-electron chi connectivity index (χ1n) is 5.52. The lowest BCUT2D eigenvalue weighted by molar-refractivity contribution is 0.217. The van der Waals surface area contributed by atoms with E-state index in [2.05, 4.69) is 5.10 Å². The molecule has 4 N–H and O–H groups in total. The van der Waals surface area contributed by atoms with Gasteiger partial charge in [-0.25, -0.2) is 8.42 Å². The number of nitrogen functional groups attached to an aromatic ring is 1. The molecular formula is C9H18N4O4S. The van der Waals surface area contributed by atoms with Crippen LogP contribution in [-0.4, -0.2) is 59.0 Å².